The molecule has 5 heteroatoms. The van der Waals surface area contributed by atoms with Gasteiger partial charge in [0.05, 0.1) is 30.6 Å². The third-order valence-electron chi connectivity index (χ3n) is 3.72. The number of ether oxygens (including phenoxy) is 1. The first-order chi connectivity index (χ1) is 9.54. The lowest BCUT2D eigenvalue weighted by atomic mass is 10.1. The van der Waals surface area contributed by atoms with Crippen LogP contribution in [0.25, 0.3) is 0 Å². The van der Waals surface area contributed by atoms with Gasteiger partial charge in [0.1, 0.15) is 0 Å². The summed E-state index contributed by atoms with van der Waals surface area (Å²) in [5, 5.41) is 0. The number of benzene rings is 1. The van der Waals surface area contributed by atoms with E-state index in [2.05, 4.69) is 6.92 Å². The first kappa shape index (κ1) is 14.7. The van der Waals surface area contributed by atoms with E-state index in [1.807, 2.05) is 36.0 Å². The van der Waals surface area contributed by atoms with Crippen LogP contribution in [0.1, 0.15) is 23.7 Å². The van der Waals surface area contributed by atoms with E-state index in [0.29, 0.717) is 31.0 Å². The van der Waals surface area contributed by atoms with Crippen molar-refractivity contribution in [3.05, 3.63) is 23.8 Å². The van der Waals surface area contributed by atoms with E-state index >= 15 is 0 Å². The molecular weight excluding hydrogens is 254 g/mol. The van der Waals surface area contributed by atoms with Crippen LogP contribution < -0.4 is 10.6 Å². The molecule has 1 saturated heterocycles. The Kier molecular flexibility index (Phi) is 4.49. The molecule has 5 nitrogen and oxygen atoms in total. The molecule has 0 spiro atoms. The summed E-state index contributed by atoms with van der Waals surface area (Å²) in [6.45, 7) is 3.94. The molecule has 1 aliphatic rings. The number of carbonyl (C=O) groups excluding carboxylic acids is 1. The average Bonchev–Trinajstić information content (AvgIpc) is 2.45. The maximum absolute atomic E-state index is 12.6. The lowest BCUT2D eigenvalue weighted by Gasteiger charge is -2.35. The Bertz CT molecular complexity index is 488. The van der Waals surface area contributed by atoms with Crippen molar-refractivity contribution >= 4 is 17.3 Å². The van der Waals surface area contributed by atoms with Gasteiger partial charge in [0.2, 0.25) is 0 Å². The van der Waals surface area contributed by atoms with Gasteiger partial charge < -0.3 is 20.3 Å². The fourth-order valence-corrected chi connectivity index (χ4v) is 2.52. The molecule has 1 aromatic rings. The maximum Gasteiger partial charge on any atom is 0.254 e. The van der Waals surface area contributed by atoms with Gasteiger partial charge in [-0.15, -0.1) is 0 Å². The van der Waals surface area contributed by atoms with Gasteiger partial charge in [-0.3, -0.25) is 4.79 Å². The predicted octanol–water partition coefficient (Wildman–Crippen LogP) is 1.59. The third kappa shape index (κ3) is 2.88. The number of nitrogens with zero attached hydrogens (tertiary/aromatic N) is 2. The van der Waals surface area contributed by atoms with E-state index in [0.717, 1.165) is 12.1 Å². The van der Waals surface area contributed by atoms with E-state index in [9.17, 15) is 4.79 Å². The van der Waals surface area contributed by atoms with Gasteiger partial charge in [-0.05, 0) is 24.6 Å². The Balaban J connectivity index is 2.22. The number of carbonyl (C=O) groups is 1. The molecule has 1 heterocycles. The fraction of sp³-hybridized carbons (Fsp3) is 0.533. The summed E-state index contributed by atoms with van der Waals surface area (Å²) >= 11 is 0. The van der Waals surface area contributed by atoms with Crippen LogP contribution in [-0.4, -0.2) is 50.7 Å². The molecule has 0 bridgehead atoms. The minimum absolute atomic E-state index is 0.0390. The zero-order valence-corrected chi connectivity index (χ0v) is 12.4. The molecule has 1 unspecified atom stereocenters. The fourth-order valence-electron chi connectivity index (χ4n) is 2.52. The summed E-state index contributed by atoms with van der Waals surface area (Å²) in [7, 11) is 3.87. The molecule has 2 rings (SSSR count). The molecule has 0 radical (unpaired) electrons. The van der Waals surface area contributed by atoms with Crippen LogP contribution in [0.3, 0.4) is 0 Å². The van der Waals surface area contributed by atoms with Crippen molar-refractivity contribution in [2.24, 2.45) is 0 Å². The van der Waals surface area contributed by atoms with Gasteiger partial charge in [-0.1, -0.05) is 6.92 Å². The summed E-state index contributed by atoms with van der Waals surface area (Å²) in [5.41, 5.74) is 8.22. The van der Waals surface area contributed by atoms with Gasteiger partial charge >= 0.3 is 0 Å². The SMILES string of the molecule is CCC1COCCN1C(=O)c1ccc(N(C)C)c(N)c1. The number of hydrogen-bond donors (Lipinski definition) is 1. The van der Waals surface area contributed by atoms with Crippen LogP contribution in [0.5, 0.6) is 0 Å². The van der Waals surface area contributed by atoms with Gasteiger partial charge in [-0.25, -0.2) is 0 Å². The number of hydrogen-bond acceptors (Lipinski definition) is 4. The summed E-state index contributed by atoms with van der Waals surface area (Å²) in [4.78, 5) is 16.4. The molecule has 1 aromatic carbocycles. The Morgan fingerprint density at radius 2 is 2.25 bits per heavy atom. The molecule has 20 heavy (non-hydrogen) atoms. The lowest BCUT2D eigenvalue weighted by molar-refractivity contribution is -0.00279. The van der Waals surface area contributed by atoms with Crippen molar-refractivity contribution in [1.29, 1.82) is 0 Å². The monoisotopic (exact) mass is 277 g/mol. The molecule has 1 amide bonds. The summed E-state index contributed by atoms with van der Waals surface area (Å²) in [6.07, 6.45) is 0.900. The second-order valence-corrected chi connectivity index (χ2v) is 5.30. The van der Waals surface area contributed by atoms with E-state index in [1.165, 1.54) is 0 Å². The number of nitrogen functional groups attached to an aromatic ring is 1. The normalized spacial score (nSPS) is 18.9. The number of nitrogens with two attached hydrogens (primary N) is 1. The number of morpholine rings is 1. The Hall–Kier alpha value is -1.75. The number of amides is 1. The van der Waals surface area contributed by atoms with E-state index in [-0.39, 0.29) is 11.9 Å². The highest BCUT2D eigenvalue weighted by Crippen LogP contribution is 2.24. The molecule has 1 atom stereocenters. The highest BCUT2D eigenvalue weighted by atomic mass is 16.5. The van der Waals surface area contributed by atoms with Crippen molar-refractivity contribution in [2.45, 2.75) is 19.4 Å². The minimum atomic E-state index is 0.0390. The van der Waals surface area contributed by atoms with Crippen molar-refractivity contribution in [1.82, 2.24) is 4.90 Å². The number of anilines is 2. The molecular formula is C15H23N3O2. The molecule has 1 fully saturated rings. The van der Waals surface area contributed by atoms with Crippen molar-refractivity contribution in [3.8, 4) is 0 Å². The lowest BCUT2D eigenvalue weighted by Crippen LogP contribution is -2.48. The highest BCUT2D eigenvalue weighted by molar-refractivity contribution is 5.96. The second-order valence-electron chi connectivity index (χ2n) is 5.30. The van der Waals surface area contributed by atoms with Crippen molar-refractivity contribution < 1.29 is 9.53 Å². The quantitative estimate of drug-likeness (QED) is 0.852. The summed E-state index contributed by atoms with van der Waals surface area (Å²) in [6, 6.07) is 5.66. The van der Waals surface area contributed by atoms with Gasteiger partial charge in [-0.2, -0.15) is 0 Å². The summed E-state index contributed by atoms with van der Waals surface area (Å²) in [5.74, 6) is 0.0390. The molecule has 2 N–H and O–H groups in total. The molecule has 110 valence electrons. The van der Waals surface area contributed by atoms with Crippen LogP contribution in [0, 0.1) is 0 Å². The maximum atomic E-state index is 12.6. The standard InChI is InChI=1S/C15H23N3O2/c1-4-12-10-20-8-7-18(12)15(19)11-5-6-14(17(2)3)13(16)9-11/h5-6,9,12H,4,7-8,10,16H2,1-3H3. The van der Waals surface area contributed by atoms with Crippen LogP contribution >= 0.6 is 0 Å². The Morgan fingerprint density at radius 1 is 1.50 bits per heavy atom. The average molecular weight is 277 g/mol. The van der Waals surface area contributed by atoms with Gasteiger partial charge in [0.25, 0.3) is 5.91 Å². The Morgan fingerprint density at radius 3 is 2.85 bits per heavy atom. The topological polar surface area (TPSA) is 58.8 Å². The number of rotatable bonds is 3. The van der Waals surface area contributed by atoms with Crippen LogP contribution in [0.15, 0.2) is 18.2 Å². The van der Waals surface area contributed by atoms with E-state index in [4.69, 9.17) is 10.5 Å². The van der Waals surface area contributed by atoms with Gasteiger partial charge in [0.15, 0.2) is 0 Å². The van der Waals surface area contributed by atoms with Crippen molar-refractivity contribution in [3.63, 3.8) is 0 Å². The van der Waals surface area contributed by atoms with Crippen molar-refractivity contribution in [2.75, 3.05) is 44.5 Å². The Labute approximate surface area is 120 Å². The first-order valence-corrected chi connectivity index (χ1v) is 7.00. The predicted molar refractivity (Wildman–Crippen MR) is 81.1 cm³/mol. The molecule has 0 saturated carbocycles. The second kappa shape index (κ2) is 6.13. The summed E-state index contributed by atoms with van der Waals surface area (Å²) < 4.78 is 5.44. The smallest absolute Gasteiger partial charge is 0.254 e. The zero-order valence-electron chi connectivity index (χ0n) is 12.4. The minimum Gasteiger partial charge on any atom is -0.397 e. The van der Waals surface area contributed by atoms with E-state index < -0.39 is 0 Å². The zero-order chi connectivity index (χ0) is 14.7. The first-order valence-electron chi connectivity index (χ1n) is 7.00. The largest absolute Gasteiger partial charge is 0.397 e. The molecule has 1 aliphatic heterocycles. The highest BCUT2D eigenvalue weighted by Gasteiger charge is 2.27. The van der Waals surface area contributed by atoms with Crippen LogP contribution in [-0.2, 0) is 4.74 Å². The van der Waals surface area contributed by atoms with E-state index in [1.54, 1.807) is 6.07 Å². The van der Waals surface area contributed by atoms with Crippen LogP contribution in [0.2, 0.25) is 0 Å². The van der Waals surface area contributed by atoms with Gasteiger partial charge in [0, 0.05) is 26.2 Å². The third-order valence-corrected chi connectivity index (χ3v) is 3.72. The van der Waals surface area contributed by atoms with Crippen LogP contribution in [0.4, 0.5) is 11.4 Å². The molecule has 0 aliphatic carbocycles. The molecule has 0 aromatic heterocycles.